The third kappa shape index (κ3) is 6.15. The molecule has 190 valence electrons. The van der Waals surface area contributed by atoms with E-state index in [9.17, 15) is 14.7 Å². The number of benzene rings is 2. The maximum Gasteiger partial charge on any atom is 0.257 e. The summed E-state index contributed by atoms with van der Waals surface area (Å²) in [5, 5.41) is 13.2. The number of hydrogen-bond donors (Lipinski definition) is 2. The summed E-state index contributed by atoms with van der Waals surface area (Å²) in [7, 11) is 6.24. The molecule has 1 fully saturated rings. The van der Waals surface area contributed by atoms with Gasteiger partial charge in [0.05, 0.1) is 37.7 Å². The molecule has 2 N–H and O–H groups in total. The summed E-state index contributed by atoms with van der Waals surface area (Å²) in [6, 6.07) is 11.6. The fourth-order valence-corrected chi connectivity index (χ4v) is 6.05. The van der Waals surface area contributed by atoms with Crippen molar-refractivity contribution in [2.45, 2.75) is 41.9 Å². The molecular weight excluding hydrogens is 492 g/mol. The minimum Gasteiger partial charge on any atom is -0.393 e. The fourth-order valence-electron chi connectivity index (χ4n) is 4.11. The molecule has 3 aromatic rings. The van der Waals surface area contributed by atoms with Crippen molar-refractivity contribution in [2.24, 2.45) is 0 Å². The van der Waals surface area contributed by atoms with Crippen LogP contribution in [0.1, 0.15) is 44.7 Å². The van der Waals surface area contributed by atoms with Crippen LogP contribution in [0.4, 0.5) is 10.8 Å². The van der Waals surface area contributed by atoms with Crippen LogP contribution in [0.2, 0.25) is 0 Å². The first kappa shape index (κ1) is 26.3. The number of nitrogens with one attached hydrogen (secondary N) is 1. The largest absolute Gasteiger partial charge is 0.393 e. The molecule has 0 spiro atoms. The predicted molar refractivity (Wildman–Crippen MR) is 147 cm³/mol. The van der Waals surface area contributed by atoms with Gasteiger partial charge in [0.2, 0.25) is 0 Å². The maximum absolute atomic E-state index is 13.2. The van der Waals surface area contributed by atoms with E-state index >= 15 is 0 Å². The molecular formula is C27H33N4O3S2+. The number of aliphatic hydroxyl groups excluding tert-OH is 1. The molecule has 1 aliphatic rings. The average molecular weight is 526 g/mol. The minimum atomic E-state index is -0.317. The number of likely N-dealkylation sites (tertiary alicyclic amines) is 1. The number of aliphatic hydroxyl groups is 1. The molecule has 1 aliphatic heterocycles. The van der Waals surface area contributed by atoms with E-state index < -0.39 is 0 Å². The maximum atomic E-state index is 13.2. The first-order chi connectivity index (χ1) is 17.0. The lowest BCUT2D eigenvalue weighted by Gasteiger charge is -2.30. The first-order valence-electron chi connectivity index (χ1n) is 12.0. The molecule has 2 heterocycles. The van der Waals surface area contributed by atoms with Crippen molar-refractivity contribution in [3.8, 4) is 0 Å². The molecule has 0 atom stereocenters. The number of carbonyl (C=O) groups is 2. The van der Waals surface area contributed by atoms with Gasteiger partial charge in [0.1, 0.15) is 5.69 Å². The molecule has 7 nitrogen and oxygen atoms in total. The predicted octanol–water partition coefficient (Wildman–Crippen LogP) is 4.96. The lowest BCUT2D eigenvalue weighted by molar-refractivity contribution is 0.0545. The summed E-state index contributed by atoms with van der Waals surface area (Å²) in [4.78, 5) is 33.1. The molecule has 0 saturated carbocycles. The van der Waals surface area contributed by atoms with Crippen LogP contribution in [0.25, 0.3) is 0 Å². The van der Waals surface area contributed by atoms with Crippen LogP contribution in [-0.4, -0.2) is 67.1 Å². The Morgan fingerprint density at radius 3 is 2.39 bits per heavy atom. The number of aromatic nitrogens is 1. The van der Waals surface area contributed by atoms with Crippen molar-refractivity contribution in [3.63, 3.8) is 0 Å². The number of anilines is 1. The van der Waals surface area contributed by atoms with E-state index in [0.717, 1.165) is 25.9 Å². The van der Waals surface area contributed by atoms with Crippen molar-refractivity contribution in [3.05, 3.63) is 64.8 Å². The highest BCUT2D eigenvalue weighted by Gasteiger charge is 2.24. The van der Waals surface area contributed by atoms with Gasteiger partial charge in [0.15, 0.2) is 5.13 Å². The van der Waals surface area contributed by atoms with E-state index in [0.29, 0.717) is 46.7 Å². The zero-order chi connectivity index (χ0) is 26.0. The Morgan fingerprint density at radius 1 is 1.08 bits per heavy atom. The summed E-state index contributed by atoms with van der Waals surface area (Å²) in [5.41, 5.74) is 4.42. The smallest absolute Gasteiger partial charge is 0.257 e. The molecule has 2 aromatic carbocycles. The van der Waals surface area contributed by atoms with Crippen LogP contribution in [-0.2, 0) is 0 Å². The van der Waals surface area contributed by atoms with Crippen LogP contribution in [0.3, 0.4) is 0 Å². The number of rotatable bonds is 6. The zero-order valence-corrected chi connectivity index (χ0v) is 23.0. The van der Waals surface area contributed by atoms with Crippen molar-refractivity contribution in [2.75, 3.05) is 39.5 Å². The van der Waals surface area contributed by atoms with E-state index in [1.54, 1.807) is 18.0 Å². The molecule has 0 aliphatic carbocycles. The topological polar surface area (TPSA) is 82.5 Å². The standard InChI is InChI=1S/C27H32N4O3S2/c1-17-14-18(2)23(15-22(17)26(34)30-12-10-21(32)11-13-30)35-24-16-28-27(36-24)29-25(33)19-6-8-20(9-7-19)31(3,4)5/h6-9,14-16,21,32H,10-13H2,1-5H3/p+1. The number of nitrogens with zero attached hydrogens (tertiary/aromatic N) is 3. The van der Waals surface area contributed by atoms with Gasteiger partial charge in [0, 0.05) is 29.1 Å². The Bertz CT molecular complexity index is 1260. The van der Waals surface area contributed by atoms with E-state index in [1.165, 1.54) is 11.3 Å². The number of thiazole rings is 1. The number of aryl methyl sites for hydroxylation is 2. The van der Waals surface area contributed by atoms with Gasteiger partial charge in [-0.05, 0) is 68.1 Å². The van der Waals surface area contributed by atoms with Crippen LogP contribution in [0, 0.1) is 13.8 Å². The number of quaternary nitrogens is 1. The van der Waals surface area contributed by atoms with Crippen molar-refractivity contribution < 1.29 is 14.7 Å². The monoisotopic (exact) mass is 525 g/mol. The van der Waals surface area contributed by atoms with Crippen LogP contribution in [0.5, 0.6) is 0 Å². The highest BCUT2D eigenvalue weighted by molar-refractivity contribution is 8.01. The number of carbonyl (C=O) groups excluding carboxylic acids is 2. The van der Waals surface area contributed by atoms with E-state index in [4.69, 9.17) is 0 Å². The SMILES string of the molecule is Cc1cc(C)c(C(=O)N2CCC(O)CC2)cc1Sc1cnc(NC(=O)c2ccc([N+](C)(C)C)cc2)s1. The summed E-state index contributed by atoms with van der Waals surface area (Å²) >= 11 is 2.95. The fraction of sp³-hybridized carbons (Fsp3) is 0.370. The van der Waals surface area contributed by atoms with Crippen molar-refractivity contribution in [1.29, 1.82) is 0 Å². The Balaban J connectivity index is 1.45. The van der Waals surface area contributed by atoms with E-state index in [1.807, 2.05) is 55.1 Å². The van der Waals surface area contributed by atoms with Crippen molar-refractivity contribution >= 4 is 45.7 Å². The van der Waals surface area contributed by atoms with Gasteiger partial charge in [-0.1, -0.05) is 29.2 Å². The third-order valence-corrected chi connectivity index (χ3v) is 8.50. The minimum absolute atomic E-state index is 0.00906. The van der Waals surface area contributed by atoms with Gasteiger partial charge in [-0.15, -0.1) is 0 Å². The van der Waals surface area contributed by atoms with Gasteiger partial charge in [-0.25, -0.2) is 4.98 Å². The molecule has 0 bridgehead atoms. The molecule has 36 heavy (non-hydrogen) atoms. The molecule has 9 heteroatoms. The summed E-state index contributed by atoms with van der Waals surface area (Å²) < 4.78 is 1.61. The Hall–Kier alpha value is -2.72. The molecule has 4 rings (SSSR count). The molecule has 2 amide bonds. The summed E-state index contributed by atoms with van der Waals surface area (Å²) in [6.45, 7) is 5.14. The van der Waals surface area contributed by atoms with Gasteiger partial charge in [0.25, 0.3) is 11.8 Å². The van der Waals surface area contributed by atoms with Gasteiger partial charge >= 0.3 is 0 Å². The quantitative estimate of drug-likeness (QED) is 0.445. The average Bonchev–Trinajstić information content (AvgIpc) is 3.27. The number of hydrogen-bond acceptors (Lipinski definition) is 6. The zero-order valence-electron chi connectivity index (χ0n) is 21.4. The van der Waals surface area contributed by atoms with Crippen LogP contribution in [0.15, 0.2) is 51.7 Å². The highest BCUT2D eigenvalue weighted by Crippen LogP contribution is 2.37. The molecule has 0 unspecified atom stereocenters. The second-order valence-corrected chi connectivity index (χ2v) is 12.4. The Labute approximate surface area is 220 Å². The lowest BCUT2D eigenvalue weighted by Crippen LogP contribution is -2.40. The Kier molecular flexibility index (Phi) is 7.85. The lowest BCUT2D eigenvalue weighted by atomic mass is 10.0. The number of piperidine rings is 1. The second kappa shape index (κ2) is 10.7. The van der Waals surface area contributed by atoms with E-state index in [2.05, 4.69) is 31.4 Å². The van der Waals surface area contributed by atoms with Crippen LogP contribution >= 0.6 is 23.1 Å². The summed E-state index contributed by atoms with van der Waals surface area (Å²) in [6.07, 6.45) is 2.67. The van der Waals surface area contributed by atoms with Gasteiger partial charge in [-0.2, -0.15) is 0 Å². The highest BCUT2D eigenvalue weighted by atomic mass is 32.2. The molecule has 1 aromatic heterocycles. The van der Waals surface area contributed by atoms with Gasteiger partial charge in [-0.3, -0.25) is 19.4 Å². The molecule has 1 saturated heterocycles. The molecule has 0 radical (unpaired) electrons. The first-order valence-corrected chi connectivity index (χ1v) is 13.6. The van der Waals surface area contributed by atoms with Crippen LogP contribution < -0.4 is 9.80 Å². The van der Waals surface area contributed by atoms with Crippen molar-refractivity contribution in [1.82, 2.24) is 14.4 Å². The second-order valence-electron chi connectivity index (χ2n) is 10.1. The van der Waals surface area contributed by atoms with Gasteiger partial charge < -0.3 is 10.0 Å². The normalized spacial score (nSPS) is 14.7. The third-order valence-electron chi connectivity index (χ3n) is 6.32. The summed E-state index contributed by atoms with van der Waals surface area (Å²) in [5.74, 6) is -0.185. The Morgan fingerprint density at radius 2 is 1.75 bits per heavy atom. The van der Waals surface area contributed by atoms with E-state index in [-0.39, 0.29) is 17.9 Å². The number of amides is 2.